The second-order valence-corrected chi connectivity index (χ2v) is 5.67. The lowest BCUT2D eigenvalue weighted by Crippen LogP contribution is -2.17. The Hall–Kier alpha value is -2.54. The molecule has 2 amide bonds. The summed E-state index contributed by atoms with van der Waals surface area (Å²) >= 11 is 3.15. The molecule has 0 aromatic heterocycles. The van der Waals surface area contributed by atoms with Crippen LogP contribution >= 0.6 is 15.9 Å². The molecule has 0 saturated heterocycles. The Morgan fingerprint density at radius 3 is 2.09 bits per heavy atom. The number of rotatable bonds is 5. The standard InChI is InChI=1S/C16H15BrN2O4/c17-13-5-4-11(9-14(13)21)19-16(23)7-6-15(22)18-10-2-1-3-12(20)8-10/h1-5,8-9,20-21H,6-7H2,(H,18,22)(H,19,23). The number of halogens is 1. The molecule has 0 fully saturated rings. The number of phenolic OH excluding ortho intramolecular Hbond substituents is 2. The van der Waals surface area contributed by atoms with Gasteiger partial charge in [-0.05, 0) is 40.2 Å². The summed E-state index contributed by atoms with van der Waals surface area (Å²) in [5.41, 5.74) is 0.914. The predicted octanol–water partition coefficient (Wildman–Crippen LogP) is 3.22. The second-order valence-electron chi connectivity index (χ2n) is 4.81. The lowest BCUT2D eigenvalue weighted by molar-refractivity contribution is -0.121. The minimum Gasteiger partial charge on any atom is -0.508 e. The fourth-order valence-corrected chi connectivity index (χ4v) is 2.09. The molecule has 0 radical (unpaired) electrons. The second kappa shape index (κ2) is 7.64. The number of phenols is 2. The van der Waals surface area contributed by atoms with E-state index < -0.39 is 0 Å². The van der Waals surface area contributed by atoms with Crippen LogP contribution in [0.4, 0.5) is 11.4 Å². The van der Waals surface area contributed by atoms with E-state index in [9.17, 15) is 19.8 Å². The molecule has 120 valence electrons. The summed E-state index contributed by atoms with van der Waals surface area (Å²) in [6, 6.07) is 10.8. The SMILES string of the molecule is O=C(CCC(=O)Nc1ccc(Br)c(O)c1)Nc1cccc(O)c1. The molecule has 0 unspecified atom stereocenters. The molecule has 0 aliphatic carbocycles. The van der Waals surface area contributed by atoms with Crippen LogP contribution in [0.5, 0.6) is 11.5 Å². The van der Waals surface area contributed by atoms with Gasteiger partial charge in [0.25, 0.3) is 0 Å². The molecular formula is C16H15BrN2O4. The van der Waals surface area contributed by atoms with E-state index in [4.69, 9.17) is 0 Å². The Balaban J connectivity index is 1.81. The Bertz CT molecular complexity index is 734. The first kappa shape index (κ1) is 16.8. The van der Waals surface area contributed by atoms with E-state index in [-0.39, 0.29) is 36.2 Å². The summed E-state index contributed by atoms with van der Waals surface area (Å²) in [5.74, 6) is -0.595. The van der Waals surface area contributed by atoms with E-state index in [0.717, 1.165) is 0 Å². The Labute approximate surface area is 141 Å². The van der Waals surface area contributed by atoms with Crippen LogP contribution in [0.25, 0.3) is 0 Å². The van der Waals surface area contributed by atoms with Gasteiger partial charge in [-0.1, -0.05) is 6.07 Å². The molecule has 2 aromatic carbocycles. The molecule has 2 rings (SSSR count). The highest BCUT2D eigenvalue weighted by molar-refractivity contribution is 9.10. The van der Waals surface area contributed by atoms with Crippen LogP contribution in [-0.2, 0) is 9.59 Å². The van der Waals surface area contributed by atoms with Gasteiger partial charge in [0.05, 0.1) is 4.47 Å². The summed E-state index contributed by atoms with van der Waals surface area (Å²) < 4.78 is 0.529. The van der Waals surface area contributed by atoms with Crippen LogP contribution in [-0.4, -0.2) is 22.0 Å². The molecule has 7 heteroatoms. The molecular weight excluding hydrogens is 364 g/mol. The third-order valence-electron chi connectivity index (χ3n) is 2.94. The molecule has 4 N–H and O–H groups in total. The minimum atomic E-state index is -0.335. The third-order valence-corrected chi connectivity index (χ3v) is 3.61. The lowest BCUT2D eigenvalue weighted by atomic mass is 10.2. The summed E-state index contributed by atoms with van der Waals surface area (Å²) in [7, 11) is 0. The van der Waals surface area contributed by atoms with Gasteiger partial charge in [-0.25, -0.2) is 0 Å². The van der Waals surface area contributed by atoms with Gasteiger partial charge in [-0.3, -0.25) is 9.59 Å². The number of anilines is 2. The topological polar surface area (TPSA) is 98.7 Å². The van der Waals surface area contributed by atoms with E-state index in [1.54, 1.807) is 24.3 Å². The zero-order valence-electron chi connectivity index (χ0n) is 12.0. The monoisotopic (exact) mass is 378 g/mol. The minimum absolute atomic E-state index is 0.00146. The van der Waals surface area contributed by atoms with Crippen LogP contribution in [0.1, 0.15) is 12.8 Å². The summed E-state index contributed by atoms with van der Waals surface area (Å²) in [6.07, 6.45) is 0.00543. The van der Waals surface area contributed by atoms with Crippen molar-refractivity contribution in [2.45, 2.75) is 12.8 Å². The normalized spacial score (nSPS) is 10.1. The van der Waals surface area contributed by atoms with Crippen molar-refractivity contribution in [2.75, 3.05) is 10.6 Å². The number of carbonyl (C=O) groups excluding carboxylic acids is 2. The van der Waals surface area contributed by atoms with Gasteiger partial charge in [0.1, 0.15) is 11.5 Å². The highest BCUT2D eigenvalue weighted by Crippen LogP contribution is 2.26. The van der Waals surface area contributed by atoms with Gasteiger partial charge in [-0.15, -0.1) is 0 Å². The summed E-state index contributed by atoms with van der Waals surface area (Å²) in [4.78, 5) is 23.6. The maximum absolute atomic E-state index is 11.8. The molecule has 0 spiro atoms. The van der Waals surface area contributed by atoms with Crippen molar-refractivity contribution >= 4 is 39.1 Å². The molecule has 2 aromatic rings. The molecule has 0 aliphatic heterocycles. The van der Waals surface area contributed by atoms with Crippen molar-refractivity contribution in [2.24, 2.45) is 0 Å². The average Bonchev–Trinajstić information content (AvgIpc) is 2.49. The van der Waals surface area contributed by atoms with E-state index in [0.29, 0.717) is 15.8 Å². The number of nitrogens with one attached hydrogen (secondary N) is 2. The van der Waals surface area contributed by atoms with E-state index in [1.807, 2.05) is 0 Å². The van der Waals surface area contributed by atoms with Crippen molar-refractivity contribution in [3.05, 3.63) is 46.9 Å². The van der Waals surface area contributed by atoms with Crippen molar-refractivity contribution in [1.82, 2.24) is 0 Å². The third kappa shape index (κ3) is 5.30. The van der Waals surface area contributed by atoms with Gasteiger partial charge < -0.3 is 20.8 Å². The number of benzene rings is 2. The molecule has 0 atom stereocenters. The number of amides is 2. The number of hydrogen-bond donors (Lipinski definition) is 4. The average molecular weight is 379 g/mol. The molecule has 6 nitrogen and oxygen atoms in total. The predicted molar refractivity (Wildman–Crippen MR) is 90.4 cm³/mol. The molecule has 23 heavy (non-hydrogen) atoms. The van der Waals surface area contributed by atoms with Crippen molar-refractivity contribution in [3.63, 3.8) is 0 Å². The van der Waals surface area contributed by atoms with Gasteiger partial charge in [-0.2, -0.15) is 0 Å². The van der Waals surface area contributed by atoms with E-state index in [1.165, 1.54) is 18.2 Å². The van der Waals surface area contributed by atoms with Crippen molar-refractivity contribution in [3.8, 4) is 11.5 Å². The first-order valence-corrected chi connectivity index (χ1v) is 7.60. The fourth-order valence-electron chi connectivity index (χ4n) is 1.85. The summed E-state index contributed by atoms with van der Waals surface area (Å²) in [6.45, 7) is 0. The smallest absolute Gasteiger partial charge is 0.224 e. The molecule has 0 heterocycles. The van der Waals surface area contributed by atoms with E-state index in [2.05, 4.69) is 26.6 Å². The molecule has 0 aliphatic rings. The summed E-state index contributed by atoms with van der Waals surface area (Å²) in [5, 5.41) is 24.0. The zero-order valence-corrected chi connectivity index (χ0v) is 13.6. The first-order valence-electron chi connectivity index (χ1n) is 6.81. The van der Waals surface area contributed by atoms with Gasteiger partial charge in [0.2, 0.25) is 11.8 Å². The van der Waals surface area contributed by atoms with Crippen LogP contribution in [0.3, 0.4) is 0 Å². The van der Waals surface area contributed by atoms with Crippen LogP contribution in [0, 0.1) is 0 Å². The maximum Gasteiger partial charge on any atom is 0.224 e. The fraction of sp³-hybridized carbons (Fsp3) is 0.125. The Morgan fingerprint density at radius 1 is 0.913 bits per heavy atom. The van der Waals surface area contributed by atoms with Gasteiger partial charge in [0, 0.05) is 36.3 Å². The quantitative estimate of drug-likeness (QED) is 0.641. The Morgan fingerprint density at radius 2 is 1.52 bits per heavy atom. The first-order chi connectivity index (χ1) is 10.9. The van der Waals surface area contributed by atoms with Crippen molar-refractivity contribution in [1.29, 1.82) is 0 Å². The molecule has 0 saturated carbocycles. The lowest BCUT2D eigenvalue weighted by Gasteiger charge is -2.07. The van der Waals surface area contributed by atoms with Crippen LogP contribution in [0.15, 0.2) is 46.9 Å². The Kier molecular flexibility index (Phi) is 5.59. The molecule has 0 bridgehead atoms. The number of hydrogen-bond acceptors (Lipinski definition) is 4. The highest BCUT2D eigenvalue weighted by Gasteiger charge is 2.09. The van der Waals surface area contributed by atoms with E-state index >= 15 is 0 Å². The van der Waals surface area contributed by atoms with Crippen molar-refractivity contribution < 1.29 is 19.8 Å². The highest BCUT2D eigenvalue weighted by atomic mass is 79.9. The van der Waals surface area contributed by atoms with Crippen LogP contribution < -0.4 is 10.6 Å². The van der Waals surface area contributed by atoms with Gasteiger partial charge in [0.15, 0.2) is 0 Å². The van der Waals surface area contributed by atoms with Gasteiger partial charge >= 0.3 is 0 Å². The number of aromatic hydroxyl groups is 2. The number of carbonyl (C=O) groups is 2. The zero-order chi connectivity index (χ0) is 16.8. The largest absolute Gasteiger partial charge is 0.508 e. The van der Waals surface area contributed by atoms with Crippen LogP contribution in [0.2, 0.25) is 0 Å². The maximum atomic E-state index is 11.8.